The summed E-state index contributed by atoms with van der Waals surface area (Å²) in [7, 11) is 3.16. The highest BCUT2D eigenvalue weighted by molar-refractivity contribution is 7.16. The molecule has 1 heterocycles. The van der Waals surface area contributed by atoms with E-state index in [4.69, 9.17) is 37.4 Å². The van der Waals surface area contributed by atoms with Gasteiger partial charge in [0.05, 0.1) is 41.6 Å². The van der Waals surface area contributed by atoms with Crippen LogP contribution in [-0.2, 0) is 11.3 Å². The molecule has 0 fully saturated rings. The third-order valence-corrected chi connectivity index (χ3v) is 5.81. The Morgan fingerprint density at radius 1 is 1.14 bits per heavy atom. The van der Waals surface area contributed by atoms with Gasteiger partial charge in [-0.2, -0.15) is 4.99 Å². The Balaban J connectivity index is 2.16. The van der Waals surface area contributed by atoms with E-state index in [2.05, 4.69) is 4.99 Å². The molecule has 0 saturated heterocycles. The van der Waals surface area contributed by atoms with Gasteiger partial charge >= 0.3 is 0 Å². The monoisotopic (exact) mass is 454 g/mol. The number of hydrogen-bond donors (Lipinski definition) is 0. The van der Waals surface area contributed by atoms with Crippen molar-refractivity contribution >= 4 is 50.7 Å². The second-order valence-electron chi connectivity index (χ2n) is 5.95. The summed E-state index contributed by atoms with van der Waals surface area (Å²) in [6.07, 6.45) is 0. The van der Waals surface area contributed by atoms with Crippen LogP contribution in [0.25, 0.3) is 10.2 Å². The van der Waals surface area contributed by atoms with Gasteiger partial charge < -0.3 is 18.8 Å². The number of ether oxygens (including phenoxy) is 3. The molecule has 1 amide bonds. The van der Waals surface area contributed by atoms with E-state index < -0.39 is 5.91 Å². The van der Waals surface area contributed by atoms with E-state index in [1.165, 1.54) is 17.4 Å². The first-order chi connectivity index (χ1) is 14.0. The first-order valence-corrected chi connectivity index (χ1v) is 10.4. The second kappa shape index (κ2) is 9.63. The van der Waals surface area contributed by atoms with Crippen LogP contribution in [0.2, 0.25) is 10.0 Å². The third-order valence-electron chi connectivity index (χ3n) is 4.21. The minimum absolute atomic E-state index is 0.253. The zero-order chi connectivity index (χ0) is 21.0. The topological polar surface area (TPSA) is 62.1 Å². The van der Waals surface area contributed by atoms with Crippen LogP contribution >= 0.6 is 34.5 Å². The van der Waals surface area contributed by atoms with Gasteiger partial charge in [0.25, 0.3) is 5.91 Å². The van der Waals surface area contributed by atoms with Gasteiger partial charge in [-0.15, -0.1) is 0 Å². The molecule has 0 aliphatic heterocycles. The van der Waals surface area contributed by atoms with Crippen molar-refractivity contribution in [3.05, 3.63) is 50.7 Å². The molecule has 0 atom stereocenters. The van der Waals surface area contributed by atoms with Crippen molar-refractivity contribution < 1.29 is 19.0 Å². The number of methoxy groups -OCH3 is 2. The van der Waals surface area contributed by atoms with Gasteiger partial charge in [0.2, 0.25) is 0 Å². The van der Waals surface area contributed by atoms with E-state index in [0.717, 1.165) is 10.2 Å². The first-order valence-electron chi connectivity index (χ1n) is 8.85. The fourth-order valence-electron chi connectivity index (χ4n) is 2.81. The highest BCUT2D eigenvalue weighted by atomic mass is 35.5. The maximum absolute atomic E-state index is 12.8. The molecule has 0 spiro atoms. The van der Waals surface area contributed by atoms with Crippen LogP contribution < -0.4 is 14.3 Å². The SMILES string of the molecule is CCOCCn1c(=NC(=O)c2cc(Cl)ccc2Cl)sc2cc(OC)c(OC)cc21. The number of fused-ring (bicyclic) bond motifs is 1. The van der Waals surface area contributed by atoms with Crippen LogP contribution in [-0.4, -0.2) is 37.9 Å². The number of carbonyl (C=O) groups excluding carboxylic acids is 1. The maximum Gasteiger partial charge on any atom is 0.281 e. The number of nitrogens with zero attached hydrogens (tertiary/aromatic N) is 2. The van der Waals surface area contributed by atoms with Crippen LogP contribution in [0.1, 0.15) is 17.3 Å². The summed E-state index contributed by atoms with van der Waals surface area (Å²) in [6.45, 7) is 3.54. The molecule has 0 radical (unpaired) electrons. The normalized spacial score (nSPS) is 11.8. The number of hydrogen-bond acceptors (Lipinski definition) is 5. The summed E-state index contributed by atoms with van der Waals surface area (Å²) in [5.74, 6) is 0.737. The molecule has 0 aliphatic carbocycles. The summed E-state index contributed by atoms with van der Waals surface area (Å²) < 4.78 is 19.1. The van der Waals surface area contributed by atoms with Gasteiger partial charge in [0.15, 0.2) is 16.3 Å². The van der Waals surface area contributed by atoms with Crippen LogP contribution in [0.4, 0.5) is 0 Å². The fourth-order valence-corrected chi connectivity index (χ4v) is 4.24. The molecule has 3 aromatic rings. The quantitative estimate of drug-likeness (QED) is 0.480. The van der Waals surface area contributed by atoms with E-state index in [9.17, 15) is 4.79 Å². The van der Waals surface area contributed by atoms with Gasteiger partial charge in [-0.05, 0) is 25.1 Å². The van der Waals surface area contributed by atoms with Gasteiger partial charge in [-0.1, -0.05) is 34.5 Å². The van der Waals surface area contributed by atoms with E-state index in [0.29, 0.717) is 46.1 Å². The highest BCUT2D eigenvalue weighted by Crippen LogP contribution is 2.33. The molecule has 29 heavy (non-hydrogen) atoms. The first kappa shape index (κ1) is 21.6. The number of halogens is 2. The standard InChI is InChI=1S/C20H20Cl2N2O4S/c1-4-28-8-7-24-15-10-16(26-2)17(27-3)11-18(15)29-20(24)23-19(25)13-9-12(21)5-6-14(13)22/h5-6,9-11H,4,7-8H2,1-3H3. The Hall–Kier alpha value is -2.06. The summed E-state index contributed by atoms with van der Waals surface area (Å²) in [5.41, 5.74) is 1.12. The summed E-state index contributed by atoms with van der Waals surface area (Å²) >= 11 is 13.5. The van der Waals surface area contributed by atoms with Gasteiger partial charge in [-0.3, -0.25) is 4.79 Å². The van der Waals surface area contributed by atoms with Crippen molar-refractivity contribution in [3.63, 3.8) is 0 Å². The van der Waals surface area contributed by atoms with Gasteiger partial charge in [0.1, 0.15) is 0 Å². The van der Waals surface area contributed by atoms with E-state index in [-0.39, 0.29) is 5.56 Å². The summed E-state index contributed by atoms with van der Waals surface area (Å²) in [5, 5.41) is 0.719. The Bertz CT molecular complexity index is 1110. The number of thiazole rings is 1. The van der Waals surface area contributed by atoms with Crippen molar-refractivity contribution in [1.29, 1.82) is 0 Å². The van der Waals surface area contributed by atoms with Crippen molar-refractivity contribution in [2.45, 2.75) is 13.5 Å². The van der Waals surface area contributed by atoms with Crippen LogP contribution in [0.3, 0.4) is 0 Å². The average Bonchev–Trinajstić information content (AvgIpc) is 3.04. The third kappa shape index (κ3) is 4.75. The Labute approximate surface area is 182 Å². The van der Waals surface area contributed by atoms with E-state index >= 15 is 0 Å². The maximum atomic E-state index is 12.8. The zero-order valence-electron chi connectivity index (χ0n) is 16.2. The smallest absolute Gasteiger partial charge is 0.281 e. The van der Waals surface area contributed by atoms with Crippen LogP contribution in [0.5, 0.6) is 11.5 Å². The number of rotatable bonds is 7. The molecule has 9 heteroatoms. The van der Waals surface area contributed by atoms with Crippen molar-refractivity contribution in [2.24, 2.45) is 4.99 Å². The lowest BCUT2D eigenvalue weighted by molar-refractivity contribution is 0.0997. The zero-order valence-corrected chi connectivity index (χ0v) is 18.5. The molecule has 0 bridgehead atoms. The molecule has 0 saturated carbocycles. The Morgan fingerprint density at radius 2 is 1.86 bits per heavy atom. The number of carbonyl (C=O) groups is 1. The second-order valence-corrected chi connectivity index (χ2v) is 7.80. The molecule has 0 unspecified atom stereocenters. The summed E-state index contributed by atoms with van der Waals surface area (Å²) in [4.78, 5) is 17.6. The predicted molar refractivity (Wildman–Crippen MR) is 116 cm³/mol. The fraction of sp³-hybridized carbons (Fsp3) is 0.300. The molecule has 0 aliphatic rings. The molecule has 154 valence electrons. The average molecular weight is 455 g/mol. The molecule has 0 N–H and O–H groups in total. The van der Waals surface area contributed by atoms with E-state index in [1.807, 2.05) is 23.6 Å². The Morgan fingerprint density at radius 3 is 2.55 bits per heavy atom. The number of benzene rings is 2. The van der Waals surface area contributed by atoms with Gasteiger partial charge in [-0.25, -0.2) is 0 Å². The molecule has 1 aromatic heterocycles. The van der Waals surface area contributed by atoms with Crippen molar-refractivity contribution in [1.82, 2.24) is 4.57 Å². The minimum Gasteiger partial charge on any atom is -0.493 e. The van der Waals surface area contributed by atoms with E-state index in [1.54, 1.807) is 26.4 Å². The minimum atomic E-state index is -0.465. The lowest BCUT2D eigenvalue weighted by atomic mass is 10.2. The largest absolute Gasteiger partial charge is 0.493 e. The van der Waals surface area contributed by atoms with Crippen molar-refractivity contribution in [2.75, 3.05) is 27.4 Å². The molecular weight excluding hydrogens is 435 g/mol. The van der Waals surface area contributed by atoms with Crippen molar-refractivity contribution in [3.8, 4) is 11.5 Å². The van der Waals surface area contributed by atoms with Crippen LogP contribution in [0.15, 0.2) is 35.3 Å². The summed E-state index contributed by atoms with van der Waals surface area (Å²) in [6, 6.07) is 8.45. The van der Waals surface area contributed by atoms with Crippen LogP contribution in [0, 0.1) is 0 Å². The Kier molecular flexibility index (Phi) is 7.18. The number of aromatic nitrogens is 1. The lowest BCUT2D eigenvalue weighted by Gasteiger charge is -2.09. The molecule has 2 aromatic carbocycles. The highest BCUT2D eigenvalue weighted by Gasteiger charge is 2.15. The molecule has 6 nitrogen and oxygen atoms in total. The molecular formula is C20H20Cl2N2O4S. The lowest BCUT2D eigenvalue weighted by Crippen LogP contribution is -2.20. The predicted octanol–water partition coefficient (Wildman–Crippen LogP) is 4.80. The molecule has 3 rings (SSSR count). The number of amides is 1. The van der Waals surface area contributed by atoms with Gasteiger partial charge in [0, 0.05) is 30.3 Å².